The lowest BCUT2D eigenvalue weighted by Crippen LogP contribution is -2.14. The molecule has 0 radical (unpaired) electrons. The zero-order chi connectivity index (χ0) is 18.7. The minimum absolute atomic E-state index is 0.0697. The summed E-state index contributed by atoms with van der Waals surface area (Å²) in [6.07, 6.45) is 0. The molecular weight excluding hydrogens is 374 g/mol. The van der Waals surface area contributed by atoms with Crippen LogP contribution in [0, 0.1) is 4.77 Å². The van der Waals surface area contributed by atoms with Gasteiger partial charge in [-0.05, 0) is 41.9 Å². The molecule has 1 aromatic carbocycles. The number of benzene rings is 1. The number of hydrogen-bond donors (Lipinski definition) is 2. The number of nitrogen functional groups attached to an aromatic ring is 1. The van der Waals surface area contributed by atoms with Crippen molar-refractivity contribution in [1.82, 2.24) is 14.5 Å². The highest BCUT2D eigenvalue weighted by molar-refractivity contribution is 7.71. The van der Waals surface area contributed by atoms with Gasteiger partial charge in [-0.25, -0.2) is 9.48 Å². The average Bonchev–Trinajstić information content (AvgIpc) is 3.25. The van der Waals surface area contributed by atoms with E-state index < -0.39 is 5.97 Å². The first-order valence-corrected chi connectivity index (χ1v) is 8.76. The van der Waals surface area contributed by atoms with Gasteiger partial charge in [-0.3, -0.25) is 10.2 Å². The van der Waals surface area contributed by atoms with Crippen molar-refractivity contribution in [3.8, 4) is 0 Å². The first kappa shape index (κ1) is 17.8. The molecule has 0 aliphatic rings. The van der Waals surface area contributed by atoms with Crippen molar-refractivity contribution in [1.29, 1.82) is 0 Å². The third-order valence-electron chi connectivity index (χ3n) is 3.53. The SMILES string of the molecule is COC(=O)c1ccc(C(=O)Cn2nc(N)n(Nc3cccs3)c2=S)cc1. The predicted octanol–water partition coefficient (Wildman–Crippen LogP) is 2.60. The number of nitrogens with zero attached hydrogens (tertiary/aromatic N) is 3. The Balaban J connectivity index is 1.77. The van der Waals surface area contributed by atoms with E-state index >= 15 is 0 Å². The second-order valence-corrected chi connectivity index (χ2v) is 6.53. The molecule has 0 atom stereocenters. The van der Waals surface area contributed by atoms with Crippen molar-refractivity contribution >= 4 is 46.3 Å². The normalized spacial score (nSPS) is 10.5. The van der Waals surface area contributed by atoms with Gasteiger partial charge in [-0.2, -0.15) is 4.68 Å². The highest BCUT2D eigenvalue weighted by atomic mass is 32.1. The van der Waals surface area contributed by atoms with E-state index in [9.17, 15) is 9.59 Å². The fourth-order valence-corrected chi connectivity index (χ4v) is 3.07. The average molecular weight is 389 g/mol. The molecular formula is C16H15N5O3S2. The van der Waals surface area contributed by atoms with Gasteiger partial charge >= 0.3 is 5.97 Å². The van der Waals surface area contributed by atoms with Crippen molar-refractivity contribution in [2.75, 3.05) is 18.3 Å². The molecule has 2 aromatic heterocycles. The quantitative estimate of drug-likeness (QED) is 0.379. The Kier molecular flexibility index (Phi) is 5.14. The molecule has 0 aliphatic carbocycles. The number of methoxy groups -OCH3 is 1. The molecule has 0 fully saturated rings. The van der Waals surface area contributed by atoms with Crippen LogP contribution in [0.25, 0.3) is 0 Å². The number of carbonyl (C=O) groups excluding carboxylic acids is 2. The maximum absolute atomic E-state index is 12.5. The number of aromatic nitrogens is 3. The standard InChI is InChI=1S/C16H15N5O3S2/c1-24-14(23)11-6-4-10(5-7-11)12(22)9-20-16(25)21(15(17)19-20)18-13-3-2-8-26-13/h2-8,18H,9H2,1H3,(H2,17,19). The maximum atomic E-state index is 12.5. The van der Waals surface area contributed by atoms with Crippen LogP contribution in [0.4, 0.5) is 10.9 Å². The number of carbonyl (C=O) groups is 2. The third kappa shape index (κ3) is 3.65. The lowest BCUT2D eigenvalue weighted by atomic mass is 10.1. The molecule has 0 unspecified atom stereocenters. The number of ether oxygens (including phenoxy) is 1. The molecule has 0 aliphatic heterocycles. The van der Waals surface area contributed by atoms with E-state index in [1.54, 1.807) is 12.1 Å². The Labute approximate surface area is 157 Å². The number of anilines is 2. The number of rotatable bonds is 6. The number of nitrogens with one attached hydrogen (secondary N) is 1. The van der Waals surface area contributed by atoms with E-state index in [4.69, 9.17) is 18.0 Å². The first-order valence-electron chi connectivity index (χ1n) is 7.47. The molecule has 0 saturated carbocycles. The number of esters is 1. The monoisotopic (exact) mass is 389 g/mol. The summed E-state index contributed by atoms with van der Waals surface area (Å²) in [5, 5.41) is 6.87. The van der Waals surface area contributed by atoms with Crippen LogP contribution in [0.1, 0.15) is 20.7 Å². The van der Waals surface area contributed by atoms with Gasteiger partial charge in [0.05, 0.1) is 12.7 Å². The highest BCUT2D eigenvalue weighted by Crippen LogP contribution is 2.17. The fourth-order valence-electron chi connectivity index (χ4n) is 2.22. The zero-order valence-corrected chi connectivity index (χ0v) is 15.3. The van der Waals surface area contributed by atoms with Crippen molar-refractivity contribution in [3.05, 3.63) is 57.7 Å². The van der Waals surface area contributed by atoms with Crippen LogP contribution >= 0.6 is 23.6 Å². The highest BCUT2D eigenvalue weighted by Gasteiger charge is 2.14. The summed E-state index contributed by atoms with van der Waals surface area (Å²) < 4.78 is 7.69. The summed E-state index contributed by atoms with van der Waals surface area (Å²) in [7, 11) is 1.30. The molecule has 0 spiro atoms. The predicted molar refractivity (Wildman–Crippen MR) is 101 cm³/mol. The van der Waals surface area contributed by atoms with Gasteiger partial charge in [0.25, 0.3) is 0 Å². The molecule has 0 saturated heterocycles. The van der Waals surface area contributed by atoms with Crippen LogP contribution in [0.15, 0.2) is 41.8 Å². The Morgan fingerprint density at radius 2 is 1.96 bits per heavy atom. The minimum atomic E-state index is -0.461. The Hall–Kier alpha value is -2.98. The van der Waals surface area contributed by atoms with Crippen molar-refractivity contribution in [2.24, 2.45) is 0 Å². The number of hydrogen-bond acceptors (Lipinski definition) is 8. The maximum Gasteiger partial charge on any atom is 0.337 e. The van der Waals surface area contributed by atoms with E-state index in [0.29, 0.717) is 11.1 Å². The number of thiophene rings is 1. The molecule has 2 heterocycles. The minimum Gasteiger partial charge on any atom is -0.465 e. The van der Waals surface area contributed by atoms with Crippen LogP contribution in [0.5, 0.6) is 0 Å². The van der Waals surface area contributed by atoms with Crippen molar-refractivity contribution < 1.29 is 14.3 Å². The number of ketones is 1. The molecule has 3 N–H and O–H groups in total. The molecule has 134 valence electrons. The third-order valence-corrected chi connectivity index (χ3v) is 4.70. The van der Waals surface area contributed by atoms with Crippen LogP contribution in [-0.4, -0.2) is 33.3 Å². The van der Waals surface area contributed by atoms with Crippen LogP contribution < -0.4 is 11.2 Å². The van der Waals surface area contributed by atoms with E-state index in [0.717, 1.165) is 5.00 Å². The first-order chi connectivity index (χ1) is 12.5. The molecule has 3 aromatic rings. The van der Waals surface area contributed by atoms with Crippen molar-refractivity contribution in [2.45, 2.75) is 6.54 Å². The van der Waals surface area contributed by atoms with E-state index in [2.05, 4.69) is 15.3 Å². The molecule has 10 heteroatoms. The topological polar surface area (TPSA) is 104 Å². The second kappa shape index (κ2) is 7.50. The zero-order valence-electron chi connectivity index (χ0n) is 13.7. The van der Waals surface area contributed by atoms with Crippen LogP contribution in [0.3, 0.4) is 0 Å². The Morgan fingerprint density at radius 3 is 2.58 bits per heavy atom. The van der Waals surface area contributed by atoms with E-state index in [-0.39, 0.29) is 23.0 Å². The summed E-state index contributed by atoms with van der Waals surface area (Å²) >= 11 is 6.82. The fraction of sp³-hybridized carbons (Fsp3) is 0.125. The Bertz CT molecular complexity index is 990. The molecule has 0 amide bonds. The van der Waals surface area contributed by atoms with Gasteiger partial charge in [0.1, 0.15) is 11.5 Å². The van der Waals surface area contributed by atoms with Gasteiger partial charge < -0.3 is 10.5 Å². The van der Waals surface area contributed by atoms with E-state index in [1.807, 2.05) is 17.5 Å². The summed E-state index contributed by atoms with van der Waals surface area (Å²) in [6.45, 7) is -0.0697. The summed E-state index contributed by atoms with van der Waals surface area (Å²) in [5.74, 6) is -0.520. The van der Waals surface area contributed by atoms with E-state index in [1.165, 1.54) is 39.9 Å². The van der Waals surface area contributed by atoms with Gasteiger partial charge in [0, 0.05) is 5.56 Å². The summed E-state index contributed by atoms with van der Waals surface area (Å²) in [6, 6.07) is 9.94. The lowest BCUT2D eigenvalue weighted by Gasteiger charge is -2.05. The summed E-state index contributed by atoms with van der Waals surface area (Å²) in [5.41, 5.74) is 9.73. The van der Waals surface area contributed by atoms with Gasteiger partial charge in [0.2, 0.25) is 10.7 Å². The van der Waals surface area contributed by atoms with Crippen LogP contribution in [0.2, 0.25) is 0 Å². The van der Waals surface area contributed by atoms with Gasteiger partial charge in [-0.15, -0.1) is 16.4 Å². The van der Waals surface area contributed by atoms with Gasteiger partial charge in [-0.1, -0.05) is 12.1 Å². The molecule has 26 heavy (non-hydrogen) atoms. The lowest BCUT2D eigenvalue weighted by molar-refractivity contribution is 0.0600. The smallest absolute Gasteiger partial charge is 0.337 e. The molecule has 0 bridgehead atoms. The summed E-state index contributed by atoms with van der Waals surface area (Å²) in [4.78, 5) is 23.9. The van der Waals surface area contributed by atoms with Gasteiger partial charge in [0.15, 0.2) is 5.78 Å². The van der Waals surface area contributed by atoms with Crippen molar-refractivity contribution in [3.63, 3.8) is 0 Å². The number of Topliss-reactive ketones (excluding diaryl/α,β-unsaturated/α-hetero) is 1. The molecule has 8 nitrogen and oxygen atoms in total. The second-order valence-electron chi connectivity index (χ2n) is 5.22. The molecule has 3 rings (SSSR count). The number of nitrogens with two attached hydrogens (primary N) is 1. The largest absolute Gasteiger partial charge is 0.465 e. The van der Waals surface area contributed by atoms with Crippen LogP contribution in [-0.2, 0) is 11.3 Å². The Morgan fingerprint density at radius 1 is 1.27 bits per heavy atom.